The van der Waals surface area contributed by atoms with E-state index in [0.717, 1.165) is 5.56 Å². The molecule has 1 nitrogen and oxygen atoms in total. The summed E-state index contributed by atoms with van der Waals surface area (Å²) < 4.78 is 0. The minimum Gasteiger partial charge on any atom is -0.294 e. The smallest absolute Gasteiger partial charge is 0.165 e. The molecule has 1 atom stereocenters. The fraction of sp³-hybridized carbons (Fsp3) is 0.533. The molecule has 0 radical (unpaired) electrons. The lowest BCUT2D eigenvalue weighted by atomic mass is 9.78. The number of Topliss-reactive ketones (excluding diaryl/α,β-unsaturated/α-hetero) is 1. The van der Waals surface area contributed by atoms with Crippen LogP contribution in [-0.2, 0) is 0 Å². The first-order valence-electron chi connectivity index (χ1n) is 6.38. The van der Waals surface area contributed by atoms with Crippen LogP contribution in [-0.4, -0.2) is 5.78 Å². The van der Waals surface area contributed by atoms with Crippen LogP contribution in [0.25, 0.3) is 0 Å². The number of hydrogen-bond acceptors (Lipinski definition) is 1. The summed E-state index contributed by atoms with van der Waals surface area (Å²) in [5, 5.41) is 0. The minimum absolute atomic E-state index is 0.197. The van der Waals surface area contributed by atoms with Crippen molar-refractivity contribution in [3.8, 4) is 0 Å². The van der Waals surface area contributed by atoms with E-state index in [1.165, 1.54) is 32.1 Å². The summed E-state index contributed by atoms with van der Waals surface area (Å²) in [6.07, 6.45) is 6.43. The molecule has 0 heterocycles. The van der Waals surface area contributed by atoms with Crippen LogP contribution in [0.5, 0.6) is 0 Å². The Bertz CT molecular complexity index is 336. The molecule has 0 spiro atoms. The summed E-state index contributed by atoms with van der Waals surface area (Å²) in [4.78, 5) is 12.2. The first-order chi connectivity index (χ1) is 7.79. The van der Waals surface area contributed by atoms with Crippen LogP contribution >= 0.6 is 0 Å². The minimum atomic E-state index is 0.197. The van der Waals surface area contributed by atoms with E-state index in [9.17, 15) is 4.79 Å². The van der Waals surface area contributed by atoms with E-state index in [2.05, 4.69) is 6.92 Å². The summed E-state index contributed by atoms with van der Waals surface area (Å²) in [6, 6.07) is 9.72. The van der Waals surface area contributed by atoms with E-state index in [0.29, 0.717) is 11.7 Å². The molecule has 1 aromatic rings. The highest BCUT2D eigenvalue weighted by Gasteiger charge is 2.25. The Labute approximate surface area is 97.9 Å². The predicted molar refractivity (Wildman–Crippen MR) is 66.5 cm³/mol. The van der Waals surface area contributed by atoms with Crippen molar-refractivity contribution in [2.24, 2.45) is 11.8 Å². The summed E-state index contributed by atoms with van der Waals surface area (Å²) >= 11 is 0. The molecule has 1 aromatic carbocycles. The van der Waals surface area contributed by atoms with Crippen molar-refractivity contribution in [3.63, 3.8) is 0 Å². The molecule has 0 bridgehead atoms. The van der Waals surface area contributed by atoms with Gasteiger partial charge in [0.15, 0.2) is 5.78 Å². The average molecular weight is 216 g/mol. The Hall–Kier alpha value is -1.11. The third-order valence-corrected chi connectivity index (χ3v) is 3.83. The van der Waals surface area contributed by atoms with Crippen molar-refractivity contribution in [1.82, 2.24) is 0 Å². The van der Waals surface area contributed by atoms with Gasteiger partial charge in [-0.05, 0) is 18.8 Å². The molecule has 1 saturated carbocycles. The van der Waals surface area contributed by atoms with Crippen LogP contribution in [0.3, 0.4) is 0 Å². The highest BCUT2D eigenvalue weighted by molar-refractivity contribution is 5.97. The van der Waals surface area contributed by atoms with Crippen molar-refractivity contribution in [2.45, 2.75) is 39.0 Å². The summed E-state index contributed by atoms with van der Waals surface area (Å²) in [5.74, 6) is 1.14. The predicted octanol–water partition coefficient (Wildman–Crippen LogP) is 4.09. The zero-order valence-corrected chi connectivity index (χ0v) is 9.99. The number of carbonyl (C=O) groups excluding carboxylic acids is 1. The maximum atomic E-state index is 12.2. The van der Waals surface area contributed by atoms with Crippen LogP contribution < -0.4 is 0 Å². The highest BCUT2D eigenvalue weighted by Crippen LogP contribution is 2.31. The molecule has 0 saturated heterocycles. The molecule has 0 aromatic heterocycles. The molecule has 1 heteroatoms. The Morgan fingerprint density at radius 3 is 2.38 bits per heavy atom. The van der Waals surface area contributed by atoms with Crippen LogP contribution in [0.1, 0.15) is 49.4 Å². The molecule has 2 rings (SSSR count). The monoisotopic (exact) mass is 216 g/mol. The Morgan fingerprint density at radius 2 is 1.75 bits per heavy atom. The van der Waals surface area contributed by atoms with Gasteiger partial charge in [-0.1, -0.05) is 56.5 Å². The lowest BCUT2D eigenvalue weighted by Gasteiger charge is -2.26. The van der Waals surface area contributed by atoms with E-state index in [4.69, 9.17) is 0 Å². The van der Waals surface area contributed by atoms with Crippen molar-refractivity contribution in [1.29, 1.82) is 0 Å². The summed E-state index contributed by atoms with van der Waals surface area (Å²) in [6.45, 7) is 2.10. The fourth-order valence-electron chi connectivity index (χ4n) is 2.71. The molecule has 0 unspecified atom stereocenters. The van der Waals surface area contributed by atoms with Gasteiger partial charge in [0.05, 0.1) is 0 Å². The van der Waals surface area contributed by atoms with Gasteiger partial charge in [-0.2, -0.15) is 0 Å². The Balaban J connectivity index is 2.04. The number of rotatable bonds is 3. The van der Waals surface area contributed by atoms with Crippen molar-refractivity contribution < 1.29 is 4.79 Å². The third kappa shape index (κ3) is 2.52. The van der Waals surface area contributed by atoms with Gasteiger partial charge in [0.25, 0.3) is 0 Å². The summed E-state index contributed by atoms with van der Waals surface area (Å²) in [5.41, 5.74) is 0.876. The van der Waals surface area contributed by atoms with Crippen LogP contribution in [0.2, 0.25) is 0 Å². The molecule has 0 aliphatic heterocycles. The van der Waals surface area contributed by atoms with Crippen molar-refractivity contribution in [2.75, 3.05) is 0 Å². The number of benzene rings is 1. The van der Waals surface area contributed by atoms with Gasteiger partial charge >= 0.3 is 0 Å². The van der Waals surface area contributed by atoms with E-state index >= 15 is 0 Å². The largest absolute Gasteiger partial charge is 0.294 e. The molecule has 86 valence electrons. The zero-order chi connectivity index (χ0) is 11.4. The molecule has 1 fully saturated rings. The fourth-order valence-corrected chi connectivity index (χ4v) is 2.71. The second-order valence-electron chi connectivity index (χ2n) is 4.92. The Morgan fingerprint density at radius 1 is 1.12 bits per heavy atom. The average Bonchev–Trinajstić information content (AvgIpc) is 2.39. The van der Waals surface area contributed by atoms with E-state index in [1.807, 2.05) is 30.3 Å². The van der Waals surface area contributed by atoms with Crippen LogP contribution in [0, 0.1) is 11.8 Å². The lowest BCUT2D eigenvalue weighted by molar-refractivity contribution is 0.0864. The standard InChI is InChI=1S/C15H20O/c1-12(13-8-4-2-5-9-13)15(16)14-10-6-3-7-11-14/h3,6-7,10-13H,2,4-5,8-9H2,1H3/t12-/m0/s1. The molecule has 1 aliphatic carbocycles. The van der Waals surface area contributed by atoms with E-state index in [1.54, 1.807) is 0 Å². The normalized spacial score (nSPS) is 19.3. The van der Waals surface area contributed by atoms with Gasteiger partial charge in [-0.25, -0.2) is 0 Å². The van der Waals surface area contributed by atoms with Gasteiger partial charge in [-0.15, -0.1) is 0 Å². The number of carbonyl (C=O) groups is 1. The van der Waals surface area contributed by atoms with Crippen LogP contribution in [0.15, 0.2) is 30.3 Å². The molecular formula is C15H20O. The Kier molecular flexibility index (Phi) is 3.76. The van der Waals surface area contributed by atoms with Gasteiger partial charge in [0.1, 0.15) is 0 Å². The lowest BCUT2D eigenvalue weighted by Crippen LogP contribution is -2.23. The molecule has 0 amide bonds. The van der Waals surface area contributed by atoms with Gasteiger partial charge in [0, 0.05) is 11.5 Å². The molecule has 0 N–H and O–H groups in total. The second kappa shape index (κ2) is 5.29. The van der Waals surface area contributed by atoms with Gasteiger partial charge in [0.2, 0.25) is 0 Å². The highest BCUT2D eigenvalue weighted by atomic mass is 16.1. The third-order valence-electron chi connectivity index (χ3n) is 3.83. The first kappa shape index (κ1) is 11.4. The molecule has 1 aliphatic rings. The van der Waals surface area contributed by atoms with Gasteiger partial charge < -0.3 is 0 Å². The maximum Gasteiger partial charge on any atom is 0.165 e. The quantitative estimate of drug-likeness (QED) is 0.696. The zero-order valence-electron chi connectivity index (χ0n) is 9.99. The first-order valence-corrected chi connectivity index (χ1v) is 6.38. The SMILES string of the molecule is C[C@H](C(=O)c1ccccc1)C1CCCCC1. The second-order valence-corrected chi connectivity index (χ2v) is 4.92. The topological polar surface area (TPSA) is 17.1 Å². The number of hydrogen-bond donors (Lipinski definition) is 0. The van der Waals surface area contributed by atoms with Crippen LogP contribution in [0.4, 0.5) is 0 Å². The van der Waals surface area contributed by atoms with Crippen molar-refractivity contribution in [3.05, 3.63) is 35.9 Å². The van der Waals surface area contributed by atoms with E-state index < -0.39 is 0 Å². The number of ketones is 1. The van der Waals surface area contributed by atoms with E-state index in [-0.39, 0.29) is 5.92 Å². The maximum absolute atomic E-state index is 12.2. The summed E-state index contributed by atoms with van der Waals surface area (Å²) in [7, 11) is 0. The molecular weight excluding hydrogens is 196 g/mol. The van der Waals surface area contributed by atoms with Crippen molar-refractivity contribution >= 4 is 5.78 Å². The van der Waals surface area contributed by atoms with Gasteiger partial charge in [-0.3, -0.25) is 4.79 Å². The molecule has 16 heavy (non-hydrogen) atoms.